The highest BCUT2D eigenvalue weighted by Crippen LogP contribution is 2.28. The minimum Gasteiger partial charge on any atom is -0.338 e. The van der Waals surface area contributed by atoms with Crippen LogP contribution >= 0.6 is 11.6 Å². The summed E-state index contributed by atoms with van der Waals surface area (Å²) < 4.78 is 0. The number of halogens is 1. The number of carbonyl (C=O) groups is 1. The van der Waals surface area contributed by atoms with Gasteiger partial charge in [-0.1, -0.05) is 23.7 Å². The van der Waals surface area contributed by atoms with E-state index < -0.39 is 0 Å². The van der Waals surface area contributed by atoms with E-state index in [0.717, 1.165) is 36.3 Å². The van der Waals surface area contributed by atoms with Gasteiger partial charge < -0.3 is 4.90 Å². The number of aromatic nitrogens is 3. The summed E-state index contributed by atoms with van der Waals surface area (Å²) in [6.45, 7) is 1.41. The number of benzene rings is 1. The monoisotopic (exact) mass is 378 g/mol. The Morgan fingerprint density at radius 1 is 1.11 bits per heavy atom. The SMILES string of the molecule is O=C(c1ccncc1)N1CCCC(c2cncc(-c3cccc(Cl)c3)n2)C1. The highest BCUT2D eigenvalue weighted by Gasteiger charge is 2.26. The van der Waals surface area contributed by atoms with Gasteiger partial charge in [0.1, 0.15) is 0 Å². The van der Waals surface area contributed by atoms with Crippen molar-refractivity contribution in [3.05, 3.63) is 77.5 Å². The van der Waals surface area contributed by atoms with E-state index in [1.165, 1.54) is 0 Å². The number of carbonyl (C=O) groups excluding carboxylic acids is 1. The summed E-state index contributed by atoms with van der Waals surface area (Å²) in [4.78, 5) is 27.8. The molecule has 136 valence electrons. The third kappa shape index (κ3) is 3.98. The largest absolute Gasteiger partial charge is 0.338 e. The summed E-state index contributed by atoms with van der Waals surface area (Å²) in [5.74, 6) is 0.220. The summed E-state index contributed by atoms with van der Waals surface area (Å²) in [6, 6.07) is 11.1. The Morgan fingerprint density at radius 3 is 2.78 bits per heavy atom. The molecule has 2 aromatic heterocycles. The van der Waals surface area contributed by atoms with Crippen molar-refractivity contribution in [2.45, 2.75) is 18.8 Å². The third-order valence-corrected chi connectivity index (χ3v) is 5.06. The van der Waals surface area contributed by atoms with E-state index in [1.807, 2.05) is 29.2 Å². The van der Waals surface area contributed by atoms with Crippen LogP contribution in [-0.2, 0) is 0 Å². The van der Waals surface area contributed by atoms with E-state index in [4.69, 9.17) is 16.6 Å². The molecule has 0 N–H and O–H groups in total. The first kappa shape index (κ1) is 17.6. The van der Waals surface area contributed by atoms with Gasteiger partial charge in [-0.15, -0.1) is 0 Å². The normalized spacial score (nSPS) is 16.9. The van der Waals surface area contributed by atoms with Crippen LogP contribution in [0.3, 0.4) is 0 Å². The van der Waals surface area contributed by atoms with Crippen molar-refractivity contribution in [1.82, 2.24) is 19.9 Å². The van der Waals surface area contributed by atoms with E-state index >= 15 is 0 Å². The maximum absolute atomic E-state index is 12.7. The Balaban J connectivity index is 1.55. The summed E-state index contributed by atoms with van der Waals surface area (Å²) in [5, 5.41) is 0.673. The highest BCUT2D eigenvalue weighted by molar-refractivity contribution is 6.30. The summed E-state index contributed by atoms with van der Waals surface area (Å²) >= 11 is 6.10. The lowest BCUT2D eigenvalue weighted by Gasteiger charge is -2.32. The van der Waals surface area contributed by atoms with Crippen molar-refractivity contribution in [3.63, 3.8) is 0 Å². The number of rotatable bonds is 3. The van der Waals surface area contributed by atoms with Gasteiger partial charge >= 0.3 is 0 Å². The van der Waals surface area contributed by atoms with Crippen LogP contribution in [0.1, 0.15) is 34.8 Å². The molecule has 1 amide bonds. The van der Waals surface area contributed by atoms with Crippen molar-refractivity contribution in [2.24, 2.45) is 0 Å². The minimum atomic E-state index is 0.0426. The molecule has 27 heavy (non-hydrogen) atoms. The van der Waals surface area contributed by atoms with Gasteiger partial charge in [0.2, 0.25) is 0 Å². The van der Waals surface area contributed by atoms with Crippen LogP contribution < -0.4 is 0 Å². The molecule has 6 heteroatoms. The maximum Gasteiger partial charge on any atom is 0.253 e. The van der Waals surface area contributed by atoms with Crippen LogP contribution in [0.25, 0.3) is 11.3 Å². The molecule has 1 atom stereocenters. The quantitative estimate of drug-likeness (QED) is 0.685. The van der Waals surface area contributed by atoms with Gasteiger partial charge in [0.25, 0.3) is 5.91 Å². The zero-order valence-electron chi connectivity index (χ0n) is 14.8. The van der Waals surface area contributed by atoms with Crippen molar-refractivity contribution in [2.75, 3.05) is 13.1 Å². The van der Waals surface area contributed by atoms with Crippen LogP contribution in [0, 0.1) is 0 Å². The lowest BCUT2D eigenvalue weighted by molar-refractivity contribution is 0.0705. The van der Waals surface area contributed by atoms with Crippen molar-refractivity contribution in [1.29, 1.82) is 0 Å². The second-order valence-corrected chi connectivity index (χ2v) is 7.10. The Labute approximate surface area is 163 Å². The molecule has 0 aliphatic carbocycles. The lowest BCUT2D eigenvalue weighted by Crippen LogP contribution is -2.39. The first-order chi connectivity index (χ1) is 13.2. The third-order valence-electron chi connectivity index (χ3n) is 4.83. The Hall–Kier alpha value is -2.79. The number of hydrogen-bond donors (Lipinski definition) is 0. The molecule has 1 aromatic carbocycles. The average molecular weight is 379 g/mol. The van der Waals surface area contributed by atoms with Crippen LogP contribution in [0.2, 0.25) is 5.02 Å². The minimum absolute atomic E-state index is 0.0426. The second kappa shape index (κ2) is 7.84. The predicted octanol–water partition coefficient (Wildman–Crippen LogP) is 4.21. The van der Waals surface area contributed by atoms with Gasteiger partial charge in [-0.25, -0.2) is 4.98 Å². The fraction of sp³-hybridized carbons (Fsp3) is 0.238. The molecule has 1 fully saturated rings. The molecular formula is C21H19ClN4O. The number of likely N-dealkylation sites (tertiary alicyclic amines) is 1. The molecular weight excluding hydrogens is 360 g/mol. The summed E-state index contributed by atoms with van der Waals surface area (Å²) in [7, 11) is 0. The number of hydrogen-bond acceptors (Lipinski definition) is 4. The molecule has 1 aliphatic rings. The summed E-state index contributed by atoms with van der Waals surface area (Å²) in [5.41, 5.74) is 3.33. The average Bonchev–Trinajstić information content (AvgIpc) is 2.74. The molecule has 0 radical (unpaired) electrons. The number of nitrogens with zero attached hydrogens (tertiary/aromatic N) is 4. The smallest absolute Gasteiger partial charge is 0.253 e. The molecule has 0 spiro atoms. The Bertz CT molecular complexity index is 948. The van der Waals surface area contributed by atoms with Gasteiger partial charge in [-0.3, -0.25) is 14.8 Å². The van der Waals surface area contributed by atoms with Gasteiger partial charge in [0.05, 0.1) is 17.6 Å². The van der Waals surface area contributed by atoms with Crippen LogP contribution in [0.5, 0.6) is 0 Å². The molecule has 1 unspecified atom stereocenters. The fourth-order valence-electron chi connectivity index (χ4n) is 3.44. The topological polar surface area (TPSA) is 59.0 Å². The van der Waals surface area contributed by atoms with Gasteiger partial charge in [0.15, 0.2) is 0 Å². The highest BCUT2D eigenvalue weighted by atomic mass is 35.5. The molecule has 1 saturated heterocycles. The Morgan fingerprint density at radius 2 is 1.96 bits per heavy atom. The van der Waals surface area contributed by atoms with E-state index in [0.29, 0.717) is 17.1 Å². The summed E-state index contributed by atoms with van der Waals surface area (Å²) in [6.07, 6.45) is 8.79. The van der Waals surface area contributed by atoms with Gasteiger partial charge in [-0.05, 0) is 37.1 Å². The Kier molecular flexibility index (Phi) is 5.12. The zero-order chi connectivity index (χ0) is 18.6. The number of piperidine rings is 1. The van der Waals surface area contributed by atoms with Crippen molar-refractivity contribution >= 4 is 17.5 Å². The van der Waals surface area contributed by atoms with Crippen LogP contribution in [0.4, 0.5) is 0 Å². The molecule has 5 nitrogen and oxygen atoms in total. The lowest BCUT2D eigenvalue weighted by atomic mass is 9.94. The second-order valence-electron chi connectivity index (χ2n) is 6.67. The van der Waals surface area contributed by atoms with Crippen LogP contribution in [0.15, 0.2) is 61.2 Å². The van der Waals surface area contributed by atoms with Gasteiger partial charge in [0, 0.05) is 53.7 Å². The molecule has 0 bridgehead atoms. The molecule has 4 rings (SSSR count). The number of amides is 1. The predicted molar refractivity (Wildman–Crippen MR) is 105 cm³/mol. The maximum atomic E-state index is 12.7. The van der Waals surface area contributed by atoms with E-state index in [-0.39, 0.29) is 11.8 Å². The van der Waals surface area contributed by atoms with E-state index in [1.54, 1.807) is 36.9 Å². The number of pyridine rings is 1. The fourth-order valence-corrected chi connectivity index (χ4v) is 3.64. The first-order valence-corrected chi connectivity index (χ1v) is 9.36. The molecule has 1 aliphatic heterocycles. The van der Waals surface area contributed by atoms with Gasteiger partial charge in [-0.2, -0.15) is 0 Å². The molecule has 3 heterocycles. The molecule has 3 aromatic rings. The van der Waals surface area contributed by atoms with Crippen LogP contribution in [-0.4, -0.2) is 38.8 Å². The van der Waals surface area contributed by atoms with E-state index in [9.17, 15) is 4.79 Å². The molecule has 0 saturated carbocycles. The standard InChI is InChI=1S/C21H19ClN4O/c22-18-5-1-3-16(11-18)19-12-24-13-20(25-19)17-4-2-10-26(14-17)21(27)15-6-8-23-9-7-15/h1,3,5-9,11-13,17H,2,4,10,14H2. The van der Waals surface area contributed by atoms with E-state index in [2.05, 4.69) is 9.97 Å². The zero-order valence-corrected chi connectivity index (χ0v) is 15.5. The van der Waals surface area contributed by atoms with Crippen molar-refractivity contribution < 1.29 is 4.79 Å². The first-order valence-electron chi connectivity index (χ1n) is 8.98. The van der Waals surface area contributed by atoms with Crippen molar-refractivity contribution in [3.8, 4) is 11.3 Å².